The topological polar surface area (TPSA) is 84.6 Å². The van der Waals surface area contributed by atoms with E-state index in [1.165, 1.54) is 49.9 Å². The fraction of sp³-hybridized carbons (Fsp3) is 0.467. The van der Waals surface area contributed by atoms with E-state index in [-0.39, 0.29) is 11.6 Å². The molecule has 3 rings (SSSR count). The van der Waals surface area contributed by atoms with Crippen LogP contribution in [-0.4, -0.2) is 17.0 Å². The number of non-ortho nitro benzene ring substituents is 1. The summed E-state index contributed by atoms with van der Waals surface area (Å²) in [6.45, 7) is 0. The maximum absolute atomic E-state index is 11.9. The lowest BCUT2D eigenvalue weighted by Crippen LogP contribution is -2.20. The Kier molecular flexibility index (Phi) is 3.68. The molecule has 0 spiro atoms. The predicted octanol–water partition coefficient (Wildman–Crippen LogP) is 2.75. The Labute approximate surface area is 122 Å². The van der Waals surface area contributed by atoms with Crippen LogP contribution in [0, 0.1) is 27.9 Å². The molecule has 0 heterocycles. The third-order valence-electron chi connectivity index (χ3n) is 4.57. The number of nitrogens with zero attached hydrogens (tertiary/aromatic N) is 2. The lowest BCUT2D eigenvalue weighted by Gasteiger charge is -2.16. The number of carbonyl (C=O) groups is 1. The summed E-state index contributed by atoms with van der Waals surface area (Å²) in [7, 11) is 0. The number of nitro benzene ring substituents is 1. The largest absolute Gasteiger partial charge is 0.271 e. The minimum absolute atomic E-state index is 0.0305. The van der Waals surface area contributed by atoms with Crippen LogP contribution >= 0.6 is 0 Å². The summed E-state index contributed by atoms with van der Waals surface area (Å²) >= 11 is 0. The number of hydrogen-bond donors (Lipinski definition) is 1. The molecule has 0 aliphatic heterocycles. The van der Waals surface area contributed by atoms with Crippen LogP contribution in [0.3, 0.4) is 0 Å². The van der Waals surface area contributed by atoms with Gasteiger partial charge in [0.05, 0.1) is 4.92 Å². The second-order valence-corrected chi connectivity index (χ2v) is 5.86. The van der Waals surface area contributed by atoms with Crippen LogP contribution in [0.2, 0.25) is 0 Å². The van der Waals surface area contributed by atoms with E-state index in [0.29, 0.717) is 11.5 Å². The highest BCUT2D eigenvalue weighted by molar-refractivity contribution is 5.94. The molecule has 1 aromatic carbocycles. The Morgan fingerprint density at radius 3 is 2.62 bits per heavy atom. The smallest absolute Gasteiger partial charge is 0.267 e. The van der Waals surface area contributed by atoms with Crippen molar-refractivity contribution in [1.82, 2.24) is 5.43 Å². The van der Waals surface area contributed by atoms with Gasteiger partial charge in [-0.25, -0.2) is 5.43 Å². The molecule has 2 bridgehead atoms. The first-order valence-corrected chi connectivity index (χ1v) is 7.21. The summed E-state index contributed by atoms with van der Waals surface area (Å²) in [5.41, 5.74) is 2.83. The average molecular weight is 287 g/mol. The summed E-state index contributed by atoms with van der Waals surface area (Å²) in [5, 5.41) is 14.6. The third-order valence-corrected chi connectivity index (χ3v) is 4.57. The molecule has 2 aliphatic rings. The molecule has 6 nitrogen and oxygen atoms in total. The van der Waals surface area contributed by atoms with Gasteiger partial charge in [-0.2, -0.15) is 5.10 Å². The molecule has 21 heavy (non-hydrogen) atoms. The summed E-state index contributed by atoms with van der Waals surface area (Å²) in [5.74, 6) is 1.72. The summed E-state index contributed by atoms with van der Waals surface area (Å²) in [4.78, 5) is 21.9. The van der Waals surface area contributed by atoms with Gasteiger partial charge in [-0.3, -0.25) is 14.9 Å². The van der Waals surface area contributed by atoms with Crippen molar-refractivity contribution in [3.8, 4) is 0 Å². The molecular weight excluding hydrogens is 270 g/mol. The van der Waals surface area contributed by atoms with Crippen molar-refractivity contribution < 1.29 is 9.72 Å². The van der Waals surface area contributed by atoms with Crippen LogP contribution in [0.5, 0.6) is 0 Å². The van der Waals surface area contributed by atoms with Crippen molar-refractivity contribution in [1.29, 1.82) is 0 Å². The molecule has 0 aromatic heterocycles. The Hall–Kier alpha value is -2.24. The molecule has 2 fully saturated rings. The van der Waals surface area contributed by atoms with Crippen LogP contribution in [0.4, 0.5) is 5.69 Å². The number of hydrogen-bond acceptors (Lipinski definition) is 4. The molecular formula is C15H17N3O3. The van der Waals surface area contributed by atoms with Crippen molar-refractivity contribution >= 4 is 17.8 Å². The van der Waals surface area contributed by atoms with Gasteiger partial charge in [0.2, 0.25) is 0 Å². The second-order valence-electron chi connectivity index (χ2n) is 5.86. The first kappa shape index (κ1) is 13.7. The zero-order valence-electron chi connectivity index (χ0n) is 11.6. The minimum Gasteiger partial charge on any atom is -0.267 e. The number of benzene rings is 1. The SMILES string of the molecule is O=C(NN=CC1CC2CCC1C2)c1ccc([N+](=O)[O-])cc1. The number of amides is 1. The Morgan fingerprint density at radius 1 is 1.29 bits per heavy atom. The molecule has 6 heteroatoms. The number of hydrazone groups is 1. The molecule has 110 valence electrons. The van der Waals surface area contributed by atoms with Gasteiger partial charge >= 0.3 is 0 Å². The predicted molar refractivity (Wildman–Crippen MR) is 78.0 cm³/mol. The standard InChI is InChI=1S/C15H17N3O3/c19-15(11-3-5-14(6-4-11)18(20)21)17-16-9-13-8-10-1-2-12(13)7-10/h3-6,9-10,12-13H,1-2,7-8H2,(H,17,19). The quantitative estimate of drug-likeness (QED) is 0.525. The van der Waals surface area contributed by atoms with Gasteiger partial charge in [-0.1, -0.05) is 6.42 Å². The van der Waals surface area contributed by atoms with Gasteiger partial charge in [0.15, 0.2) is 0 Å². The lowest BCUT2D eigenvalue weighted by molar-refractivity contribution is -0.384. The number of carbonyl (C=O) groups excluding carboxylic acids is 1. The molecule has 3 atom stereocenters. The van der Waals surface area contributed by atoms with Crippen LogP contribution < -0.4 is 5.43 Å². The van der Waals surface area contributed by atoms with E-state index in [1.54, 1.807) is 0 Å². The van der Waals surface area contributed by atoms with E-state index < -0.39 is 4.92 Å². The minimum atomic E-state index is -0.491. The average Bonchev–Trinajstić information content (AvgIpc) is 3.10. The fourth-order valence-corrected chi connectivity index (χ4v) is 3.47. The molecule has 0 radical (unpaired) electrons. The molecule has 0 saturated heterocycles. The van der Waals surface area contributed by atoms with Crippen LogP contribution in [0.15, 0.2) is 29.4 Å². The maximum Gasteiger partial charge on any atom is 0.271 e. The Morgan fingerprint density at radius 2 is 2.05 bits per heavy atom. The van der Waals surface area contributed by atoms with E-state index >= 15 is 0 Å². The lowest BCUT2D eigenvalue weighted by atomic mass is 9.90. The van der Waals surface area contributed by atoms with Crippen molar-refractivity contribution in [3.05, 3.63) is 39.9 Å². The van der Waals surface area contributed by atoms with E-state index in [4.69, 9.17) is 0 Å². The van der Waals surface area contributed by atoms with Crippen molar-refractivity contribution in [2.75, 3.05) is 0 Å². The number of fused-ring (bicyclic) bond motifs is 2. The number of nitrogens with one attached hydrogen (secondary N) is 1. The number of rotatable bonds is 4. The van der Waals surface area contributed by atoms with Crippen LogP contribution in [0.1, 0.15) is 36.0 Å². The van der Waals surface area contributed by atoms with Gasteiger partial charge in [0.1, 0.15) is 0 Å². The van der Waals surface area contributed by atoms with Crippen LogP contribution in [0.25, 0.3) is 0 Å². The molecule has 2 saturated carbocycles. The third kappa shape index (κ3) is 2.94. The van der Waals surface area contributed by atoms with Crippen LogP contribution in [-0.2, 0) is 0 Å². The van der Waals surface area contributed by atoms with Gasteiger partial charge < -0.3 is 0 Å². The zero-order chi connectivity index (χ0) is 14.8. The fourth-order valence-electron chi connectivity index (χ4n) is 3.47. The molecule has 3 unspecified atom stereocenters. The number of nitro groups is 1. The highest BCUT2D eigenvalue weighted by Gasteiger charge is 2.38. The molecule has 1 aromatic rings. The highest BCUT2D eigenvalue weighted by atomic mass is 16.6. The van der Waals surface area contributed by atoms with E-state index in [9.17, 15) is 14.9 Å². The van der Waals surface area contributed by atoms with Crippen molar-refractivity contribution in [2.24, 2.45) is 22.9 Å². The Balaban J connectivity index is 1.55. The van der Waals surface area contributed by atoms with Gasteiger partial charge in [-0.15, -0.1) is 0 Å². The van der Waals surface area contributed by atoms with Crippen molar-refractivity contribution in [2.45, 2.75) is 25.7 Å². The molecule has 2 aliphatic carbocycles. The summed E-state index contributed by atoms with van der Waals surface area (Å²) in [6, 6.07) is 5.49. The Bertz CT molecular complexity index is 582. The second kappa shape index (κ2) is 5.63. The zero-order valence-corrected chi connectivity index (χ0v) is 11.6. The highest BCUT2D eigenvalue weighted by Crippen LogP contribution is 2.47. The van der Waals surface area contributed by atoms with Crippen molar-refractivity contribution in [3.63, 3.8) is 0 Å². The van der Waals surface area contributed by atoms with E-state index in [2.05, 4.69) is 10.5 Å². The van der Waals surface area contributed by atoms with Gasteiger partial charge in [-0.05, 0) is 49.1 Å². The molecule has 1 N–H and O–H groups in total. The monoisotopic (exact) mass is 287 g/mol. The first-order chi connectivity index (χ1) is 10.1. The van der Waals surface area contributed by atoms with E-state index in [0.717, 1.165) is 11.8 Å². The first-order valence-electron chi connectivity index (χ1n) is 7.21. The van der Waals surface area contributed by atoms with Gasteiger partial charge in [0.25, 0.3) is 11.6 Å². The summed E-state index contributed by atoms with van der Waals surface area (Å²) in [6.07, 6.45) is 6.95. The maximum atomic E-state index is 11.9. The molecule has 1 amide bonds. The summed E-state index contributed by atoms with van der Waals surface area (Å²) < 4.78 is 0. The van der Waals surface area contributed by atoms with Gasteiger partial charge in [0, 0.05) is 23.9 Å². The van der Waals surface area contributed by atoms with E-state index in [1.807, 2.05) is 6.21 Å². The normalized spacial score (nSPS) is 27.1.